The monoisotopic (exact) mass is 238 g/mol. The fourth-order valence-electron chi connectivity index (χ4n) is 1.24. The van der Waals surface area contributed by atoms with E-state index in [9.17, 15) is 9.59 Å². The number of thiazole rings is 1. The highest BCUT2D eigenvalue weighted by atomic mass is 32.1. The van der Waals surface area contributed by atoms with Gasteiger partial charge in [-0.2, -0.15) is 0 Å². The molecule has 0 radical (unpaired) electrons. The van der Waals surface area contributed by atoms with Crippen molar-refractivity contribution in [3.05, 3.63) is 33.7 Å². The molecule has 0 aliphatic rings. The standard InChI is InChI=1S/C10H10N2O3S/c1-2-4-15-9(14)7-6-11-10-12(8(7)13)3-5-16-10/h3,5-6H,2,4H2,1H3. The third-order valence-electron chi connectivity index (χ3n) is 2.00. The minimum Gasteiger partial charge on any atom is -0.462 e. The SMILES string of the molecule is CCCOC(=O)c1cnc2sccn2c1=O. The lowest BCUT2D eigenvalue weighted by molar-refractivity contribution is 0.0502. The zero-order valence-corrected chi connectivity index (χ0v) is 9.49. The van der Waals surface area contributed by atoms with Gasteiger partial charge in [0.15, 0.2) is 4.96 Å². The quantitative estimate of drug-likeness (QED) is 0.757. The number of fused-ring (bicyclic) bond motifs is 1. The van der Waals surface area contributed by atoms with Gasteiger partial charge in [-0.25, -0.2) is 9.78 Å². The van der Waals surface area contributed by atoms with E-state index in [4.69, 9.17) is 4.74 Å². The highest BCUT2D eigenvalue weighted by Gasteiger charge is 2.14. The Morgan fingerprint density at radius 3 is 3.19 bits per heavy atom. The summed E-state index contributed by atoms with van der Waals surface area (Å²) in [5.74, 6) is -0.611. The van der Waals surface area contributed by atoms with E-state index < -0.39 is 5.97 Å². The molecular formula is C10H10N2O3S. The number of hydrogen-bond acceptors (Lipinski definition) is 5. The van der Waals surface area contributed by atoms with Gasteiger partial charge in [-0.3, -0.25) is 9.20 Å². The Hall–Kier alpha value is -1.69. The molecule has 0 saturated carbocycles. The summed E-state index contributed by atoms with van der Waals surface area (Å²) in [7, 11) is 0. The van der Waals surface area contributed by atoms with Crippen molar-refractivity contribution in [2.45, 2.75) is 13.3 Å². The molecule has 0 N–H and O–H groups in total. The number of carbonyl (C=O) groups excluding carboxylic acids is 1. The van der Waals surface area contributed by atoms with Crippen molar-refractivity contribution < 1.29 is 9.53 Å². The van der Waals surface area contributed by atoms with E-state index in [0.29, 0.717) is 11.6 Å². The van der Waals surface area contributed by atoms with Gasteiger partial charge in [0, 0.05) is 11.6 Å². The van der Waals surface area contributed by atoms with E-state index in [2.05, 4.69) is 4.98 Å². The lowest BCUT2D eigenvalue weighted by Gasteiger charge is -2.01. The normalized spacial score (nSPS) is 10.6. The first-order chi connectivity index (χ1) is 7.74. The predicted octanol–water partition coefficient (Wildman–Crippen LogP) is 1.32. The summed E-state index contributed by atoms with van der Waals surface area (Å²) in [5.41, 5.74) is -0.406. The zero-order chi connectivity index (χ0) is 11.5. The molecule has 0 saturated heterocycles. The van der Waals surface area contributed by atoms with Gasteiger partial charge in [0.25, 0.3) is 5.56 Å². The van der Waals surface area contributed by atoms with Gasteiger partial charge in [-0.05, 0) is 6.42 Å². The number of carbonyl (C=O) groups is 1. The number of esters is 1. The molecule has 84 valence electrons. The highest BCUT2D eigenvalue weighted by molar-refractivity contribution is 7.15. The molecule has 2 heterocycles. The van der Waals surface area contributed by atoms with E-state index in [-0.39, 0.29) is 11.1 Å². The third kappa shape index (κ3) is 1.83. The Bertz CT molecular complexity index is 573. The van der Waals surface area contributed by atoms with Gasteiger partial charge >= 0.3 is 5.97 Å². The molecule has 0 fully saturated rings. The van der Waals surface area contributed by atoms with Crippen molar-refractivity contribution in [2.75, 3.05) is 6.61 Å². The Morgan fingerprint density at radius 2 is 2.44 bits per heavy atom. The maximum atomic E-state index is 11.8. The Labute approximate surface area is 95.3 Å². The van der Waals surface area contributed by atoms with Gasteiger partial charge in [0.2, 0.25) is 0 Å². The molecule has 0 bridgehead atoms. The van der Waals surface area contributed by atoms with Crippen molar-refractivity contribution in [1.29, 1.82) is 0 Å². The molecule has 0 amide bonds. The van der Waals surface area contributed by atoms with Crippen LogP contribution in [0.15, 0.2) is 22.6 Å². The number of hydrogen-bond donors (Lipinski definition) is 0. The summed E-state index contributed by atoms with van der Waals surface area (Å²) < 4.78 is 6.24. The third-order valence-corrected chi connectivity index (χ3v) is 2.77. The largest absolute Gasteiger partial charge is 0.462 e. The van der Waals surface area contributed by atoms with Crippen molar-refractivity contribution in [2.24, 2.45) is 0 Å². The van der Waals surface area contributed by atoms with Crippen LogP contribution >= 0.6 is 11.3 Å². The van der Waals surface area contributed by atoms with Crippen molar-refractivity contribution in [1.82, 2.24) is 9.38 Å². The van der Waals surface area contributed by atoms with Crippen LogP contribution in [-0.2, 0) is 4.74 Å². The molecule has 0 aliphatic heterocycles. The van der Waals surface area contributed by atoms with E-state index in [1.54, 1.807) is 11.6 Å². The summed E-state index contributed by atoms with van der Waals surface area (Å²) in [6.07, 6.45) is 3.58. The molecule has 2 aromatic rings. The van der Waals surface area contributed by atoms with E-state index in [0.717, 1.165) is 6.42 Å². The van der Waals surface area contributed by atoms with Gasteiger partial charge in [-0.15, -0.1) is 11.3 Å². The first-order valence-electron chi connectivity index (χ1n) is 4.86. The second kappa shape index (κ2) is 4.44. The first-order valence-corrected chi connectivity index (χ1v) is 5.74. The van der Waals surface area contributed by atoms with Crippen molar-refractivity contribution >= 4 is 22.3 Å². The molecule has 16 heavy (non-hydrogen) atoms. The average Bonchev–Trinajstić information content (AvgIpc) is 2.75. The summed E-state index contributed by atoms with van der Waals surface area (Å²) >= 11 is 1.34. The predicted molar refractivity (Wildman–Crippen MR) is 59.9 cm³/mol. The number of ether oxygens (including phenoxy) is 1. The second-order valence-electron chi connectivity index (χ2n) is 3.17. The molecular weight excluding hydrogens is 228 g/mol. The summed E-state index contributed by atoms with van der Waals surface area (Å²) in [6.45, 7) is 2.20. The second-order valence-corrected chi connectivity index (χ2v) is 4.04. The Balaban J connectivity index is 2.41. The van der Waals surface area contributed by atoms with Gasteiger partial charge in [0.05, 0.1) is 12.8 Å². The fraction of sp³-hybridized carbons (Fsp3) is 0.300. The molecule has 0 aliphatic carbocycles. The number of rotatable bonds is 3. The zero-order valence-electron chi connectivity index (χ0n) is 8.67. The van der Waals surface area contributed by atoms with Gasteiger partial charge in [-0.1, -0.05) is 6.92 Å². The lowest BCUT2D eigenvalue weighted by Crippen LogP contribution is -2.23. The first kappa shape index (κ1) is 10.8. The minimum atomic E-state index is -0.611. The number of aromatic nitrogens is 2. The van der Waals surface area contributed by atoms with Crippen LogP contribution in [0.1, 0.15) is 23.7 Å². The molecule has 6 heteroatoms. The summed E-state index contributed by atoms with van der Waals surface area (Å²) in [4.78, 5) is 27.9. The van der Waals surface area contributed by atoms with Gasteiger partial charge in [0.1, 0.15) is 5.56 Å². The molecule has 0 aromatic carbocycles. The van der Waals surface area contributed by atoms with Crippen LogP contribution in [0.4, 0.5) is 0 Å². The van der Waals surface area contributed by atoms with Gasteiger partial charge < -0.3 is 4.74 Å². The highest BCUT2D eigenvalue weighted by Crippen LogP contribution is 2.06. The van der Waals surface area contributed by atoms with E-state index in [1.165, 1.54) is 21.9 Å². The van der Waals surface area contributed by atoms with Crippen LogP contribution < -0.4 is 5.56 Å². The molecule has 0 atom stereocenters. The summed E-state index contributed by atoms with van der Waals surface area (Å²) in [5, 5.41) is 1.74. The van der Waals surface area contributed by atoms with Crippen LogP contribution in [0.5, 0.6) is 0 Å². The molecule has 2 aromatic heterocycles. The smallest absolute Gasteiger partial charge is 0.345 e. The molecule has 0 spiro atoms. The van der Waals surface area contributed by atoms with Crippen molar-refractivity contribution in [3.63, 3.8) is 0 Å². The maximum absolute atomic E-state index is 11.8. The van der Waals surface area contributed by atoms with Crippen LogP contribution in [0.3, 0.4) is 0 Å². The van der Waals surface area contributed by atoms with Crippen LogP contribution in [0.2, 0.25) is 0 Å². The lowest BCUT2D eigenvalue weighted by atomic mass is 10.3. The molecule has 0 unspecified atom stereocenters. The Morgan fingerprint density at radius 1 is 1.62 bits per heavy atom. The Kier molecular flexibility index (Phi) is 3.00. The maximum Gasteiger partial charge on any atom is 0.345 e. The van der Waals surface area contributed by atoms with Crippen LogP contribution in [-0.4, -0.2) is 22.0 Å². The van der Waals surface area contributed by atoms with Crippen LogP contribution in [0.25, 0.3) is 4.96 Å². The minimum absolute atomic E-state index is 0.0237. The molecule has 5 nitrogen and oxygen atoms in total. The van der Waals surface area contributed by atoms with E-state index in [1.807, 2.05) is 6.92 Å². The molecule has 2 rings (SSSR count). The topological polar surface area (TPSA) is 60.7 Å². The average molecular weight is 238 g/mol. The van der Waals surface area contributed by atoms with E-state index >= 15 is 0 Å². The number of nitrogens with zero attached hydrogens (tertiary/aromatic N) is 2. The summed E-state index contributed by atoms with van der Waals surface area (Å²) in [6, 6.07) is 0. The fourth-order valence-corrected chi connectivity index (χ4v) is 1.91. The van der Waals surface area contributed by atoms with Crippen LogP contribution in [0, 0.1) is 0 Å². The van der Waals surface area contributed by atoms with Crippen molar-refractivity contribution in [3.8, 4) is 0 Å².